The highest BCUT2D eigenvalue weighted by Gasteiger charge is 2.13. The van der Waals surface area contributed by atoms with Crippen molar-refractivity contribution in [3.05, 3.63) is 53.1 Å². The van der Waals surface area contributed by atoms with Crippen LogP contribution in [-0.2, 0) is 4.79 Å². The van der Waals surface area contributed by atoms with Gasteiger partial charge < -0.3 is 20.5 Å². The van der Waals surface area contributed by atoms with Crippen molar-refractivity contribution in [3.63, 3.8) is 0 Å². The molecule has 0 saturated heterocycles. The van der Waals surface area contributed by atoms with E-state index in [9.17, 15) is 4.79 Å². The molecule has 0 spiro atoms. The first-order chi connectivity index (χ1) is 11.5. The summed E-state index contributed by atoms with van der Waals surface area (Å²) in [6.07, 6.45) is 0. The van der Waals surface area contributed by atoms with Gasteiger partial charge in [-0.3, -0.25) is 4.79 Å². The molecular weight excluding hydrogens is 328 g/mol. The number of aliphatic hydroxyl groups is 1. The lowest BCUT2D eigenvalue weighted by molar-refractivity contribution is -0.118. The number of amides is 1. The monoisotopic (exact) mass is 348 g/mol. The largest absolute Gasteiger partial charge is 0.494 e. The van der Waals surface area contributed by atoms with Gasteiger partial charge in [0.25, 0.3) is 0 Å². The van der Waals surface area contributed by atoms with Crippen molar-refractivity contribution in [1.29, 1.82) is 0 Å². The van der Waals surface area contributed by atoms with Gasteiger partial charge in [-0.2, -0.15) is 0 Å². The molecule has 5 nitrogen and oxygen atoms in total. The number of nitrogens with one attached hydrogen (secondary N) is 2. The molecule has 2 aromatic carbocycles. The highest BCUT2D eigenvalue weighted by atomic mass is 35.5. The molecule has 2 aromatic rings. The molecule has 6 heteroatoms. The van der Waals surface area contributed by atoms with Crippen LogP contribution in [0.25, 0.3) is 0 Å². The van der Waals surface area contributed by atoms with Gasteiger partial charge in [0.15, 0.2) is 0 Å². The van der Waals surface area contributed by atoms with Crippen LogP contribution in [0.15, 0.2) is 42.5 Å². The summed E-state index contributed by atoms with van der Waals surface area (Å²) < 4.78 is 5.66. The average Bonchev–Trinajstić information content (AvgIpc) is 2.56. The van der Waals surface area contributed by atoms with E-state index in [1.54, 1.807) is 18.2 Å². The predicted octanol–water partition coefficient (Wildman–Crippen LogP) is 3.84. The Hall–Kier alpha value is -2.24. The summed E-state index contributed by atoms with van der Waals surface area (Å²) in [4.78, 5) is 11.3. The summed E-state index contributed by atoms with van der Waals surface area (Å²) in [6, 6.07) is 12.8. The molecule has 0 aliphatic heterocycles. The van der Waals surface area contributed by atoms with Gasteiger partial charge in [-0.1, -0.05) is 17.7 Å². The molecule has 2 rings (SSSR count). The first kappa shape index (κ1) is 18.1. The molecule has 0 fully saturated rings. The molecule has 3 N–H and O–H groups in total. The van der Waals surface area contributed by atoms with Gasteiger partial charge in [0.2, 0.25) is 5.91 Å². The molecule has 0 aliphatic carbocycles. The van der Waals surface area contributed by atoms with Gasteiger partial charge in [-0.05, 0) is 50.2 Å². The molecule has 128 valence electrons. The third-order valence-corrected chi connectivity index (χ3v) is 3.65. The number of carbonyl (C=O) groups excluding carboxylic acids is 1. The Morgan fingerprint density at radius 2 is 2.00 bits per heavy atom. The SMILES string of the molecule is CCOc1ccc(Cl)cc1C(C)Nc1cccc(NC(=O)CO)c1. The third kappa shape index (κ3) is 4.88. The Bertz CT molecular complexity index is 706. The number of anilines is 2. The zero-order valence-corrected chi connectivity index (χ0v) is 14.4. The minimum atomic E-state index is -0.547. The van der Waals surface area contributed by atoms with Crippen LogP contribution < -0.4 is 15.4 Å². The summed E-state index contributed by atoms with van der Waals surface area (Å²) >= 11 is 6.11. The van der Waals surface area contributed by atoms with Crippen molar-refractivity contribution in [3.8, 4) is 5.75 Å². The zero-order valence-electron chi connectivity index (χ0n) is 13.7. The molecule has 0 radical (unpaired) electrons. The van der Waals surface area contributed by atoms with Gasteiger partial charge in [0.1, 0.15) is 12.4 Å². The lowest BCUT2D eigenvalue weighted by Crippen LogP contribution is -2.15. The van der Waals surface area contributed by atoms with Crippen LogP contribution in [0.3, 0.4) is 0 Å². The van der Waals surface area contributed by atoms with E-state index in [2.05, 4.69) is 10.6 Å². The molecule has 1 amide bonds. The Kier molecular flexibility index (Phi) is 6.46. The Morgan fingerprint density at radius 3 is 2.71 bits per heavy atom. The van der Waals surface area contributed by atoms with Gasteiger partial charge in [-0.25, -0.2) is 0 Å². The summed E-state index contributed by atoms with van der Waals surface area (Å²) in [7, 11) is 0. The number of halogens is 1. The maximum absolute atomic E-state index is 11.3. The Morgan fingerprint density at radius 1 is 1.25 bits per heavy atom. The fraction of sp³-hybridized carbons (Fsp3) is 0.278. The standard InChI is InChI=1S/C18H21ClN2O3/c1-3-24-17-8-7-13(19)9-16(17)12(2)20-14-5-4-6-15(10-14)21-18(23)11-22/h4-10,12,20,22H,3,11H2,1-2H3,(H,21,23). The smallest absolute Gasteiger partial charge is 0.250 e. The van der Waals surface area contributed by atoms with E-state index in [-0.39, 0.29) is 6.04 Å². The van der Waals surface area contributed by atoms with E-state index in [0.29, 0.717) is 17.3 Å². The molecule has 0 saturated carbocycles. The number of rotatable bonds is 7. The molecular formula is C18H21ClN2O3. The first-order valence-electron chi connectivity index (χ1n) is 7.73. The molecule has 0 heterocycles. The number of hydrogen-bond acceptors (Lipinski definition) is 4. The number of ether oxygens (including phenoxy) is 1. The van der Waals surface area contributed by atoms with E-state index in [1.165, 1.54) is 0 Å². The van der Waals surface area contributed by atoms with Crippen LogP contribution in [-0.4, -0.2) is 24.2 Å². The molecule has 1 atom stereocenters. The molecule has 0 bridgehead atoms. The van der Waals surface area contributed by atoms with Crippen LogP contribution in [0, 0.1) is 0 Å². The zero-order chi connectivity index (χ0) is 17.5. The number of benzene rings is 2. The molecule has 24 heavy (non-hydrogen) atoms. The van der Waals surface area contributed by atoms with Gasteiger partial charge in [-0.15, -0.1) is 0 Å². The quantitative estimate of drug-likeness (QED) is 0.711. The fourth-order valence-corrected chi connectivity index (χ4v) is 2.54. The minimum Gasteiger partial charge on any atom is -0.494 e. The maximum atomic E-state index is 11.3. The van der Waals surface area contributed by atoms with Crippen molar-refractivity contribution in [2.45, 2.75) is 19.9 Å². The number of carbonyl (C=O) groups is 1. The Balaban J connectivity index is 2.17. The highest BCUT2D eigenvalue weighted by Crippen LogP contribution is 2.31. The Labute approximate surface area is 146 Å². The van der Waals surface area contributed by atoms with E-state index in [4.69, 9.17) is 21.4 Å². The lowest BCUT2D eigenvalue weighted by Gasteiger charge is -2.20. The van der Waals surface area contributed by atoms with Crippen molar-refractivity contribution in [2.24, 2.45) is 0 Å². The van der Waals surface area contributed by atoms with Crippen LogP contribution in [0.2, 0.25) is 5.02 Å². The molecule has 0 aliphatic rings. The van der Waals surface area contributed by atoms with Crippen molar-refractivity contribution in [1.82, 2.24) is 0 Å². The molecule has 0 aromatic heterocycles. The highest BCUT2D eigenvalue weighted by molar-refractivity contribution is 6.30. The average molecular weight is 349 g/mol. The normalized spacial score (nSPS) is 11.7. The van der Waals surface area contributed by atoms with E-state index in [0.717, 1.165) is 17.0 Å². The van der Waals surface area contributed by atoms with Crippen LogP contribution in [0.1, 0.15) is 25.5 Å². The number of aliphatic hydroxyl groups excluding tert-OH is 1. The van der Waals surface area contributed by atoms with Crippen molar-refractivity contribution < 1.29 is 14.6 Å². The maximum Gasteiger partial charge on any atom is 0.250 e. The second-order valence-electron chi connectivity index (χ2n) is 5.27. The van der Waals surface area contributed by atoms with E-state index >= 15 is 0 Å². The van der Waals surface area contributed by atoms with E-state index < -0.39 is 12.5 Å². The first-order valence-corrected chi connectivity index (χ1v) is 8.10. The minimum absolute atomic E-state index is 0.0472. The van der Waals surface area contributed by atoms with Gasteiger partial charge >= 0.3 is 0 Å². The fourth-order valence-electron chi connectivity index (χ4n) is 2.36. The van der Waals surface area contributed by atoms with Crippen LogP contribution >= 0.6 is 11.6 Å². The van der Waals surface area contributed by atoms with Crippen molar-refractivity contribution >= 4 is 28.9 Å². The second-order valence-corrected chi connectivity index (χ2v) is 5.70. The van der Waals surface area contributed by atoms with E-state index in [1.807, 2.05) is 38.1 Å². The van der Waals surface area contributed by atoms with Gasteiger partial charge in [0, 0.05) is 22.0 Å². The van der Waals surface area contributed by atoms with Crippen LogP contribution in [0.4, 0.5) is 11.4 Å². The van der Waals surface area contributed by atoms with Crippen LogP contribution in [0.5, 0.6) is 5.75 Å². The second kappa shape index (κ2) is 8.57. The number of hydrogen-bond donors (Lipinski definition) is 3. The summed E-state index contributed by atoms with van der Waals surface area (Å²) in [5.74, 6) is 0.334. The lowest BCUT2D eigenvalue weighted by atomic mass is 10.1. The molecule has 1 unspecified atom stereocenters. The summed E-state index contributed by atoms with van der Waals surface area (Å²) in [5, 5.41) is 15.4. The summed E-state index contributed by atoms with van der Waals surface area (Å²) in [5.41, 5.74) is 2.40. The third-order valence-electron chi connectivity index (χ3n) is 3.41. The summed E-state index contributed by atoms with van der Waals surface area (Å²) in [6.45, 7) is 3.97. The topological polar surface area (TPSA) is 70.6 Å². The van der Waals surface area contributed by atoms with Crippen molar-refractivity contribution in [2.75, 3.05) is 23.8 Å². The van der Waals surface area contributed by atoms with Gasteiger partial charge in [0.05, 0.1) is 12.6 Å². The predicted molar refractivity (Wildman–Crippen MR) is 96.8 cm³/mol.